The Labute approximate surface area is 190 Å². The van der Waals surface area contributed by atoms with Gasteiger partial charge in [0.25, 0.3) is 0 Å². The Morgan fingerprint density at radius 1 is 0.710 bits per heavy atom. The fraction of sp³-hybridized carbons (Fsp3) is 0.704. The molecule has 0 saturated carbocycles. The van der Waals surface area contributed by atoms with E-state index in [9.17, 15) is 9.59 Å². The van der Waals surface area contributed by atoms with Crippen molar-refractivity contribution in [1.82, 2.24) is 0 Å². The quantitative estimate of drug-likeness (QED) is 0.166. The summed E-state index contributed by atoms with van der Waals surface area (Å²) < 4.78 is 10.8. The molecule has 0 aliphatic rings. The first-order valence-electron chi connectivity index (χ1n) is 12.6. The molecule has 0 aromatic heterocycles. The third-order valence-electron chi connectivity index (χ3n) is 5.59. The lowest BCUT2D eigenvalue weighted by Gasteiger charge is -2.16. The zero-order chi connectivity index (χ0) is 22.6. The highest BCUT2D eigenvalue weighted by Gasteiger charge is 2.15. The highest BCUT2D eigenvalue weighted by Crippen LogP contribution is 2.21. The van der Waals surface area contributed by atoms with E-state index in [1.54, 1.807) is 0 Å². The van der Waals surface area contributed by atoms with Crippen LogP contribution >= 0.6 is 0 Å². The predicted molar refractivity (Wildman–Crippen MR) is 127 cm³/mol. The van der Waals surface area contributed by atoms with Gasteiger partial charge in [0, 0.05) is 12.8 Å². The van der Waals surface area contributed by atoms with Crippen molar-refractivity contribution in [1.29, 1.82) is 0 Å². The summed E-state index contributed by atoms with van der Waals surface area (Å²) in [6, 6.07) is 9.76. The maximum atomic E-state index is 12.1. The zero-order valence-corrected chi connectivity index (χ0v) is 19.9. The number of hydrogen-bond acceptors (Lipinski definition) is 4. The smallest absolute Gasteiger partial charge is 0.306 e. The molecule has 0 spiro atoms. The molecule has 1 atom stereocenters. The fourth-order valence-corrected chi connectivity index (χ4v) is 3.67. The summed E-state index contributed by atoms with van der Waals surface area (Å²) >= 11 is 0. The van der Waals surface area contributed by atoms with E-state index in [1.807, 2.05) is 37.3 Å². The largest absolute Gasteiger partial charge is 0.466 e. The molecule has 0 radical (unpaired) electrons. The molecule has 1 unspecified atom stereocenters. The first-order valence-corrected chi connectivity index (χ1v) is 12.6. The van der Waals surface area contributed by atoms with Crippen LogP contribution in [0.2, 0.25) is 0 Å². The molecule has 31 heavy (non-hydrogen) atoms. The average molecular weight is 433 g/mol. The second-order valence-corrected chi connectivity index (χ2v) is 8.41. The van der Waals surface area contributed by atoms with E-state index in [-0.39, 0.29) is 30.9 Å². The molecule has 1 aromatic rings. The van der Waals surface area contributed by atoms with Gasteiger partial charge in [-0.25, -0.2) is 0 Å². The molecule has 0 aliphatic carbocycles. The van der Waals surface area contributed by atoms with Crippen LogP contribution in [0.15, 0.2) is 30.3 Å². The average Bonchev–Trinajstić information content (AvgIpc) is 2.78. The standard InChI is InChI=1S/C27H44O4/c1-3-5-6-7-8-9-10-11-12-13-17-23-30-26(28)21-18-22-27(29)31-25(4-2)24-19-15-14-16-20-24/h14-16,19-20,25H,3-13,17-18,21-23H2,1-2H3. The van der Waals surface area contributed by atoms with Crippen LogP contribution in [0, 0.1) is 0 Å². The first kappa shape index (κ1) is 27.2. The zero-order valence-electron chi connectivity index (χ0n) is 19.9. The predicted octanol–water partition coefficient (Wildman–Crippen LogP) is 7.71. The topological polar surface area (TPSA) is 52.6 Å². The van der Waals surface area contributed by atoms with Gasteiger partial charge in [-0.15, -0.1) is 0 Å². The van der Waals surface area contributed by atoms with E-state index >= 15 is 0 Å². The van der Waals surface area contributed by atoms with Crippen LogP contribution in [0.3, 0.4) is 0 Å². The van der Waals surface area contributed by atoms with Crippen molar-refractivity contribution in [3.8, 4) is 0 Å². The van der Waals surface area contributed by atoms with E-state index in [0.717, 1.165) is 24.8 Å². The van der Waals surface area contributed by atoms with Crippen LogP contribution in [0.4, 0.5) is 0 Å². The number of carbonyl (C=O) groups is 2. The molecule has 4 nitrogen and oxygen atoms in total. The second kappa shape index (κ2) is 18.9. The van der Waals surface area contributed by atoms with E-state index in [1.165, 1.54) is 57.8 Å². The molecule has 1 rings (SSSR count). The molecule has 0 amide bonds. The van der Waals surface area contributed by atoms with Gasteiger partial charge in [-0.2, -0.15) is 0 Å². The van der Waals surface area contributed by atoms with E-state index in [4.69, 9.17) is 9.47 Å². The Bertz CT molecular complexity index is 570. The maximum Gasteiger partial charge on any atom is 0.306 e. The van der Waals surface area contributed by atoms with Crippen molar-refractivity contribution in [2.45, 2.75) is 116 Å². The third-order valence-corrected chi connectivity index (χ3v) is 5.59. The summed E-state index contributed by atoms with van der Waals surface area (Å²) in [5.41, 5.74) is 1.00. The molecule has 0 N–H and O–H groups in total. The lowest BCUT2D eigenvalue weighted by atomic mass is 10.1. The van der Waals surface area contributed by atoms with Crippen LogP contribution in [0.25, 0.3) is 0 Å². The van der Waals surface area contributed by atoms with Crippen LogP contribution < -0.4 is 0 Å². The van der Waals surface area contributed by atoms with Crippen molar-refractivity contribution in [2.75, 3.05) is 6.61 Å². The van der Waals surface area contributed by atoms with Crippen molar-refractivity contribution in [3.63, 3.8) is 0 Å². The Morgan fingerprint density at radius 2 is 1.26 bits per heavy atom. The molecule has 4 heteroatoms. The van der Waals surface area contributed by atoms with Gasteiger partial charge in [0.15, 0.2) is 0 Å². The van der Waals surface area contributed by atoms with Crippen LogP contribution in [0.1, 0.15) is 122 Å². The molecule has 1 aromatic carbocycles. The number of hydrogen-bond donors (Lipinski definition) is 0. The number of rotatable bonds is 19. The normalized spacial score (nSPS) is 11.8. The minimum Gasteiger partial charge on any atom is -0.466 e. The van der Waals surface area contributed by atoms with Gasteiger partial charge in [-0.1, -0.05) is 108 Å². The maximum absolute atomic E-state index is 12.1. The minimum atomic E-state index is -0.256. The number of carbonyl (C=O) groups excluding carboxylic acids is 2. The Hall–Kier alpha value is -1.84. The number of benzene rings is 1. The van der Waals surface area contributed by atoms with E-state index < -0.39 is 0 Å². The Balaban J connectivity index is 1.96. The summed E-state index contributed by atoms with van der Waals surface area (Å²) in [6.07, 6.45) is 15.6. The second-order valence-electron chi connectivity index (χ2n) is 8.41. The molecule has 0 aliphatic heterocycles. The third kappa shape index (κ3) is 14.7. The van der Waals surface area contributed by atoms with Gasteiger partial charge in [-0.3, -0.25) is 9.59 Å². The molecule has 0 bridgehead atoms. The summed E-state index contributed by atoms with van der Waals surface area (Å²) in [6.45, 7) is 4.74. The van der Waals surface area contributed by atoms with Gasteiger partial charge < -0.3 is 9.47 Å². The van der Waals surface area contributed by atoms with Gasteiger partial charge >= 0.3 is 11.9 Å². The SMILES string of the molecule is CCCCCCCCCCCCCOC(=O)CCCC(=O)OC(CC)c1ccccc1. The van der Waals surface area contributed by atoms with Crippen LogP contribution in [0.5, 0.6) is 0 Å². The number of ether oxygens (including phenoxy) is 2. The summed E-state index contributed by atoms with van der Waals surface area (Å²) in [4.78, 5) is 23.9. The lowest BCUT2D eigenvalue weighted by Crippen LogP contribution is -2.12. The molecular weight excluding hydrogens is 388 g/mol. The highest BCUT2D eigenvalue weighted by molar-refractivity contribution is 5.72. The first-order chi connectivity index (χ1) is 15.2. The van der Waals surface area contributed by atoms with Crippen molar-refractivity contribution in [2.24, 2.45) is 0 Å². The highest BCUT2D eigenvalue weighted by atomic mass is 16.5. The van der Waals surface area contributed by atoms with Gasteiger partial charge in [-0.05, 0) is 24.8 Å². The van der Waals surface area contributed by atoms with E-state index in [0.29, 0.717) is 13.0 Å². The van der Waals surface area contributed by atoms with Crippen molar-refractivity contribution in [3.05, 3.63) is 35.9 Å². The Morgan fingerprint density at radius 3 is 1.84 bits per heavy atom. The lowest BCUT2D eigenvalue weighted by molar-refractivity contribution is -0.150. The molecule has 0 fully saturated rings. The number of unbranched alkanes of at least 4 members (excludes halogenated alkanes) is 10. The van der Waals surface area contributed by atoms with Crippen LogP contribution in [-0.2, 0) is 19.1 Å². The minimum absolute atomic E-state index is 0.213. The van der Waals surface area contributed by atoms with Crippen molar-refractivity contribution >= 4 is 11.9 Å². The van der Waals surface area contributed by atoms with Gasteiger partial charge in [0.05, 0.1) is 6.61 Å². The fourth-order valence-electron chi connectivity index (χ4n) is 3.67. The summed E-state index contributed by atoms with van der Waals surface area (Å²) in [5, 5.41) is 0. The summed E-state index contributed by atoms with van der Waals surface area (Å²) in [7, 11) is 0. The molecule has 0 saturated heterocycles. The van der Waals surface area contributed by atoms with Gasteiger partial charge in [0.2, 0.25) is 0 Å². The molecule has 176 valence electrons. The van der Waals surface area contributed by atoms with Crippen LogP contribution in [-0.4, -0.2) is 18.5 Å². The van der Waals surface area contributed by atoms with E-state index in [2.05, 4.69) is 6.92 Å². The van der Waals surface area contributed by atoms with Crippen molar-refractivity contribution < 1.29 is 19.1 Å². The number of esters is 2. The molecular formula is C27H44O4. The molecule has 0 heterocycles. The Kier molecular flexibility index (Phi) is 16.6. The van der Waals surface area contributed by atoms with Gasteiger partial charge in [0.1, 0.15) is 6.10 Å². The monoisotopic (exact) mass is 432 g/mol. The summed E-state index contributed by atoms with van der Waals surface area (Å²) in [5.74, 6) is -0.469.